The molecule has 21 heavy (non-hydrogen) atoms. The van der Waals surface area contributed by atoms with Crippen LogP contribution in [0.4, 0.5) is 18.9 Å². The lowest BCUT2D eigenvalue weighted by molar-refractivity contribution is -0.274. The van der Waals surface area contributed by atoms with Crippen LogP contribution >= 0.6 is 0 Å². The number of hydrogen-bond donors (Lipinski definition) is 2. The molecule has 2 rings (SSSR count). The summed E-state index contributed by atoms with van der Waals surface area (Å²) in [7, 11) is -3.63. The Morgan fingerprint density at radius 2 is 2.14 bits per heavy atom. The van der Waals surface area contributed by atoms with Crippen LogP contribution in [0, 0.1) is 0 Å². The number of benzene rings is 1. The Morgan fingerprint density at radius 1 is 1.38 bits per heavy atom. The SMILES string of the molecule is O=S(=O)(CC1CCCN1)Nc1cccc(OC(F)(F)F)c1. The number of halogens is 3. The van der Waals surface area contributed by atoms with Crippen molar-refractivity contribution in [2.45, 2.75) is 25.2 Å². The van der Waals surface area contributed by atoms with E-state index in [0.717, 1.165) is 31.5 Å². The maximum Gasteiger partial charge on any atom is 0.573 e. The van der Waals surface area contributed by atoms with E-state index in [2.05, 4.69) is 14.8 Å². The number of anilines is 1. The molecule has 1 saturated heterocycles. The zero-order valence-corrected chi connectivity index (χ0v) is 11.8. The topological polar surface area (TPSA) is 67.4 Å². The number of rotatable bonds is 5. The molecule has 1 aromatic rings. The lowest BCUT2D eigenvalue weighted by Gasteiger charge is -2.14. The molecule has 0 amide bonds. The molecular weight excluding hydrogens is 309 g/mol. The molecule has 9 heteroatoms. The van der Waals surface area contributed by atoms with Gasteiger partial charge < -0.3 is 10.1 Å². The summed E-state index contributed by atoms with van der Waals surface area (Å²) in [6, 6.07) is 4.61. The van der Waals surface area contributed by atoms with E-state index in [4.69, 9.17) is 0 Å². The molecule has 0 aliphatic carbocycles. The van der Waals surface area contributed by atoms with Crippen molar-refractivity contribution in [2.75, 3.05) is 17.0 Å². The van der Waals surface area contributed by atoms with Crippen molar-refractivity contribution >= 4 is 15.7 Å². The Hall–Kier alpha value is -1.48. The third kappa shape index (κ3) is 5.43. The van der Waals surface area contributed by atoms with E-state index in [-0.39, 0.29) is 17.5 Å². The summed E-state index contributed by atoms with van der Waals surface area (Å²) < 4.78 is 66.2. The van der Waals surface area contributed by atoms with Crippen LogP contribution in [-0.2, 0) is 10.0 Å². The van der Waals surface area contributed by atoms with E-state index in [1.807, 2.05) is 0 Å². The normalized spacial score (nSPS) is 19.5. The number of sulfonamides is 1. The minimum atomic E-state index is -4.81. The Balaban J connectivity index is 2.03. The van der Waals surface area contributed by atoms with Crippen molar-refractivity contribution in [3.63, 3.8) is 0 Å². The van der Waals surface area contributed by atoms with Crippen molar-refractivity contribution in [2.24, 2.45) is 0 Å². The Morgan fingerprint density at radius 3 is 2.76 bits per heavy atom. The highest BCUT2D eigenvalue weighted by molar-refractivity contribution is 7.92. The molecule has 0 aromatic heterocycles. The van der Waals surface area contributed by atoms with Crippen molar-refractivity contribution in [3.8, 4) is 5.75 Å². The van der Waals surface area contributed by atoms with Crippen molar-refractivity contribution in [1.29, 1.82) is 0 Å². The molecule has 1 aliphatic rings. The summed E-state index contributed by atoms with van der Waals surface area (Å²) in [5, 5.41) is 3.05. The predicted molar refractivity (Wildman–Crippen MR) is 71.6 cm³/mol. The fraction of sp³-hybridized carbons (Fsp3) is 0.500. The van der Waals surface area contributed by atoms with Crippen molar-refractivity contribution in [1.82, 2.24) is 5.32 Å². The van der Waals surface area contributed by atoms with Gasteiger partial charge in [0, 0.05) is 12.1 Å². The average Bonchev–Trinajstić information content (AvgIpc) is 2.78. The zero-order valence-electron chi connectivity index (χ0n) is 11.0. The third-order valence-corrected chi connectivity index (χ3v) is 4.31. The fourth-order valence-corrected chi connectivity index (χ4v) is 3.53. The fourth-order valence-electron chi connectivity index (χ4n) is 2.14. The van der Waals surface area contributed by atoms with Gasteiger partial charge in [-0.1, -0.05) is 6.07 Å². The van der Waals surface area contributed by atoms with Crippen LogP contribution in [-0.4, -0.2) is 33.1 Å². The van der Waals surface area contributed by atoms with Gasteiger partial charge in [0.2, 0.25) is 10.0 Å². The average molecular weight is 324 g/mol. The van der Waals surface area contributed by atoms with Crippen molar-refractivity contribution < 1.29 is 26.3 Å². The van der Waals surface area contributed by atoms with Gasteiger partial charge in [-0.15, -0.1) is 13.2 Å². The summed E-state index contributed by atoms with van der Waals surface area (Å²) in [6.07, 6.45) is -3.14. The monoisotopic (exact) mass is 324 g/mol. The van der Waals surface area contributed by atoms with Crippen LogP contribution in [0.25, 0.3) is 0 Å². The van der Waals surface area contributed by atoms with E-state index in [1.165, 1.54) is 12.1 Å². The third-order valence-electron chi connectivity index (χ3n) is 2.92. The smallest absolute Gasteiger partial charge is 0.406 e. The van der Waals surface area contributed by atoms with Gasteiger partial charge >= 0.3 is 6.36 Å². The first kappa shape index (κ1) is 15.9. The molecule has 0 radical (unpaired) electrons. The molecule has 1 atom stereocenters. The second-order valence-corrected chi connectivity index (χ2v) is 6.52. The largest absolute Gasteiger partial charge is 0.573 e. The molecule has 0 bridgehead atoms. The van der Waals surface area contributed by atoms with Gasteiger partial charge in [-0.25, -0.2) is 8.42 Å². The molecule has 0 saturated carbocycles. The summed E-state index contributed by atoms with van der Waals surface area (Å²) in [5.41, 5.74) is 0.0368. The minimum absolute atomic E-state index is 0.0368. The maximum absolute atomic E-state index is 12.1. The molecule has 1 aromatic carbocycles. The Bertz CT molecular complexity index is 584. The molecule has 5 nitrogen and oxygen atoms in total. The van der Waals surface area contributed by atoms with Gasteiger partial charge in [0.05, 0.1) is 11.4 Å². The Labute approximate surface area is 120 Å². The molecule has 1 fully saturated rings. The summed E-state index contributed by atoms with van der Waals surface area (Å²) in [5.74, 6) is -0.584. The first-order valence-corrected chi connectivity index (χ1v) is 7.98. The second kappa shape index (κ2) is 6.10. The number of nitrogens with one attached hydrogen (secondary N) is 2. The standard InChI is InChI=1S/C12H15F3N2O3S/c13-12(14,15)20-11-5-1-3-9(7-11)17-21(18,19)8-10-4-2-6-16-10/h1,3,5,7,10,16-17H,2,4,6,8H2. The van der Waals surface area contributed by atoms with Crippen LogP contribution in [0.5, 0.6) is 5.75 Å². The molecule has 1 unspecified atom stereocenters. The zero-order chi connectivity index (χ0) is 15.5. The highest BCUT2D eigenvalue weighted by Crippen LogP contribution is 2.25. The lowest BCUT2D eigenvalue weighted by Crippen LogP contribution is -2.32. The predicted octanol–water partition coefficient (Wildman–Crippen LogP) is 2.08. The van der Waals surface area contributed by atoms with Gasteiger partial charge in [0.1, 0.15) is 5.75 Å². The molecule has 0 spiro atoms. The quantitative estimate of drug-likeness (QED) is 0.870. The van der Waals surface area contributed by atoms with Gasteiger partial charge in [-0.3, -0.25) is 4.72 Å². The van der Waals surface area contributed by atoms with E-state index < -0.39 is 22.1 Å². The molecule has 2 N–H and O–H groups in total. The molecular formula is C12H15F3N2O3S. The van der Waals surface area contributed by atoms with Crippen LogP contribution in [0.2, 0.25) is 0 Å². The number of alkyl halides is 3. The van der Waals surface area contributed by atoms with Gasteiger partial charge in [0.25, 0.3) is 0 Å². The summed E-state index contributed by atoms with van der Waals surface area (Å²) >= 11 is 0. The van der Waals surface area contributed by atoms with Crippen molar-refractivity contribution in [3.05, 3.63) is 24.3 Å². The highest BCUT2D eigenvalue weighted by Gasteiger charge is 2.31. The van der Waals surface area contributed by atoms with Crippen LogP contribution in [0.15, 0.2) is 24.3 Å². The summed E-state index contributed by atoms with van der Waals surface area (Å²) in [6.45, 7) is 0.773. The first-order chi connectivity index (χ1) is 9.73. The minimum Gasteiger partial charge on any atom is -0.406 e. The Kier molecular flexibility index (Phi) is 4.62. The lowest BCUT2D eigenvalue weighted by atomic mass is 10.3. The van der Waals surface area contributed by atoms with Gasteiger partial charge in [0.15, 0.2) is 0 Å². The first-order valence-electron chi connectivity index (χ1n) is 6.33. The summed E-state index contributed by atoms with van der Waals surface area (Å²) in [4.78, 5) is 0. The second-order valence-electron chi connectivity index (χ2n) is 4.75. The van der Waals surface area contributed by atoms with E-state index in [9.17, 15) is 21.6 Å². The van der Waals surface area contributed by atoms with Gasteiger partial charge in [-0.05, 0) is 31.5 Å². The van der Waals surface area contributed by atoms with E-state index in [1.54, 1.807) is 0 Å². The van der Waals surface area contributed by atoms with E-state index >= 15 is 0 Å². The van der Waals surface area contributed by atoms with Crippen LogP contribution < -0.4 is 14.8 Å². The van der Waals surface area contributed by atoms with Crippen LogP contribution in [0.1, 0.15) is 12.8 Å². The van der Waals surface area contributed by atoms with E-state index in [0.29, 0.717) is 0 Å². The molecule has 1 heterocycles. The maximum atomic E-state index is 12.1. The molecule has 1 aliphatic heterocycles. The molecule has 118 valence electrons. The van der Waals surface area contributed by atoms with Crippen LogP contribution in [0.3, 0.4) is 0 Å². The van der Waals surface area contributed by atoms with Gasteiger partial charge in [-0.2, -0.15) is 0 Å². The number of hydrogen-bond acceptors (Lipinski definition) is 4. The number of ether oxygens (including phenoxy) is 1. The highest BCUT2D eigenvalue weighted by atomic mass is 32.2.